The maximum absolute atomic E-state index is 6.13. The lowest BCUT2D eigenvalue weighted by atomic mass is 9.86. The maximum atomic E-state index is 6.13. The summed E-state index contributed by atoms with van der Waals surface area (Å²) in [5.41, 5.74) is 6.80. The van der Waals surface area contributed by atoms with Crippen LogP contribution in [0.1, 0.15) is 0 Å². The van der Waals surface area contributed by atoms with Crippen molar-refractivity contribution in [2.24, 2.45) is 0 Å². The summed E-state index contributed by atoms with van der Waals surface area (Å²) in [7, 11) is 0. The number of hydrogen-bond donors (Lipinski definition) is 0. The fourth-order valence-electron chi connectivity index (χ4n) is 5.26. The Kier molecular flexibility index (Phi) is 4.36. The van der Waals surface area contributed by atoms with Gasteiger partial charge in [0.2, 0.25) is 0 Å². The van der Waals surface area contributed by atoms with E-state index in [-0.39, 0.29) is 0 Å². The van der Waals surface area contributed by atoms with Crippen molar-refractivity contribution in [1.29, 1.82) is 0 Å². The van der Waals surface area contributed by atoms with Gasteiger partial charge in [0.1, 0.15) is 11.2 Å². The zero-order chi connectivity index (χ0) is 22.6. The summed E-state index contributed by atoms with van der Waals surface area (Å²) in [5.74, 6) is 0. The number of halogens is 1. The lowest BCUT2D eigenvalue weighted by Crippen LogP contribution is -1.90. The number of fused-ring (bicyclic) bond motifs is 5. The van der Waals surface area contributed by atoms with E-state index in [4.69, 9.17) is 4.42 Å². The van der Waals surface area contributed by atoms with Gasteiger partial charge in [-0.25, -0.2) is 0 Å². The van der Waals surface area contributed by atoms with Crippen molar-refractivity contribution in [2.75, 3.05) is 0 Å². The van der Waals surface area contributed by atoms with Gasteiger partial charge in [-0.15, -0.1) is 0 Å². The standard InChI is InChI=1S/C32H19BrO/c33-22-15-17-30-28(19-22)27-18-21(14-16-29(27)34-30)32-25-12-6-4-10-23(25)31(20-8-2-1-3-9-20)24-11-5-7-13-26(24)32/h1-19H. The molecule has 6 aromatic carbocycles. The van der Waals surface area contributed by atoms with Crippen LogP contribution in [0.25, 0.3) is 65.7 Å². The van der Waals surface area contributed by atoms with Crippen LogP contribution in [0.4, 0.5) is 0 Å². The minimum absolute atomic E-state index is 0.907. The van der Waals surface area contributed by atoms with Gasteiger partial charge < -0.3 is 4.42 Å². The zero-order valence-corrected chi connectivity index (χ0v) is 19.8. The molecule has 34 heavy (non-hydrogen) atoms. The van der Waals surface area contributed by atoms with Crippen molar-refractivity contribution in [2.45, 2.75) is 0 Å². The third kappa shape index (κ3) is 2.92. The summed E-state index contributed by atoms with van der Waals surface area (Å²) in [6, 6.07) is 41.0. The highest BCUT2D eigenvalue weighted by Gasteiger charge is 2.17. The van der Waals surface area contributed by atoms with Crippen molar-refractivity contribution in [3.8, 4) is 22.3 Å². The molecule has 7 aromatic rings. The SMILES string of the molecule is Brc1ccc2oc3ccc(-c4c5ccccc5c(-c5ccccc5)c5ccccc45)cc3c2c1. The summed E-state index contributed by atoms with van der Waals surface area (Å²) in [5, 5.41) is 7.31. The molecule has 0 saturated carbocycles. The van der Waals surface area contributed by atoms with Crippen LogP contribution in [0.15, 0.2) is 124 Å². The molecule has 0 aliphatic rings. The first kappa shape index (κ1) is 19.6. The molecular formula is C32H19BrO. The van der Waals surface area contributed by atoms with Gasteiger partial charge in [0.25, 0.3) is 0 Å². The van der Waals surface area contributed by atoms with Gasteiger partial charge in [-0.3, -0.25) is 0 Å². The third-order valence-corrected chi connectivity index (χ3v) is 7.21. The fraction of sp³-hybridized carbons (Fsp3) is 0. The van der Waals surface area contributed by atoms with E-state index >= 15 is 0 Å². The molecule has 0 fully saturated rings. The second-order valence-electron chi connectivity index (χ2n) is 8.66. The molecule has 160 valence electrons. The van der Waals surface area contributed by atoms with Crippen molar-refractivity contribution < 1.29 is 4.42 Å². The molecule has 1 nitrogen and oxygen atoms in total. The molecular weight excluding hydrogens is 480 g/mol. The van der Waals surface area contributed by atoms with Crippen molar-refractivity contribution in [3.05, 3.63) is 120 Å². The molecule has 0 bridgehead atoms. The fourth-order valence-corrected chi connectivity index (χ4v) is 5.62. The van der Waals surface area contributed by atoms with Crippen LogP contribution in [0.2, 0.25) is 0 Å². The van der Waals surface area contributed by atoms with Crippen molar-refractivity contribution >= 4 is 59.4 Å². The maximum Gasteiger partial charge on any atom is 0.135 e. The smallest absolute Gasteiger partial charge is 0.135 e. The molecule has 0 spiro atoms. The van der Waals surface area contributed by atoms with E-state index in [1.807, 2.05) is 12.1 Å². The van der Waals surface area contributed by atoms with E-state index in [0.717, 1.165) is 26.4 Å². The van der Waals surface area contributed by atoms with E-state index in [2.05, 4.69) is 119 Å². The predicted octanol–water partition coefficient (Wildman–Crippen LogP) is 9.99. The molecule has 0 radical (unpaired) electrons. The Morgan fingerprint density at radius 1 is 0.412 bits per heavy atom. The van der Waals surface area contributed by atoms with Gasteiger partial charge >= 0.3 is 0 Å². The van der Waals surface area contributed by atoms with Gasteiger partial charge in [-0.2, -0.15) is 0 Å². The molecule has 0 saturated heterocycles. The first-order valence-corrected chi connectivity index (χ1v) is 12.2. The summed E-state index contributed by atoms with van der Waals surface area (Å²) in [6.45, 7) is 0. The van der Waals surface area contributed by atoms with E-state index in [9.17, 15) is 0 Å². The molecule has 1 heterocycles. The average Bonchev–Trinajstić information content (AvgIpc) is 3.24. The number of rotatable bonds is 2. The monoisotopic (exact) mass is 498 g/mol. The van der Waals surface area contributed by atoms with E-state index in [0.29, 0.717) is 0 Å². The summed E-state index contributed by atoms with van der Waals surface area (Å²) < 4.78 is 7.18. The second kappa shape index (κ2) is 7.58. The molecule has 0 aliphatic carbocycles. The van der Waals surface area contributed by atoms with Gasteiger partial charge in [-0.05, 0) is 74.1 Å². The molecule has 2 heteroatoms. The molecule has 1 aromatic heterocycles. The second-order valence-corrected chi connectivity index (χ2v) is 9.58. The summed E-state index contributed by atoms with van der Waals surface area (Å²) in [6.07, 6.45) is 0. The van der Waals surface area contributed by atoms with E-state index in [1.165, 1.54) is 43.8 Å². The van der Waals surface area contributed by atoms with Crippen LogP contribution in [0, 0.1) is 0 Å². The number of benzene rings is 6. The van der Waals surface area contributed by atoms with E-state index < -0.39 is 0 Å². The van der Waals surface area contributed by atoms with Gasteiger partial charge in [0.05, 0.1) is 0 Å². The topological polar surface area (TPSA) is 13.1 Å². The molecule has 7 rings (SSSR count). The van der Waals surface area contributed by atoms with Crippen LogP contribution in [0.3, 0.4) is 0 Å². The molecule has 0 unspecified atom stereocenters. The highest BCUT2D eigenvalue weighted by atomic mass is 79.9. The van der Waals surface area contributed by atoms with Crippen LogP contribution < -0.4 is 0 Å². The van der Waals surface area contributed by atoms with Gasteiger partial charge in [0.15, 0.2) is 0 Å². The highest BCUT2D eigenvalue weighted by Crippen LogP contribution is 2.44. The minimum Gasteiger partial charge on any atom is -0.456 e. The van der Waals surface area contributed by atoms with Crippen molar-refractivity contribution in [3.63, 3.8) is 0 Å². The molecule has 0 amide bonds. The molecule has 0 N–H and O–H groups in total. The largest absolute Gasteiger partial charge is 0.456 e. The quantitative estimate of drug-likeness (QED) is 0.216. The lowest BCUT2D eigenvalue weighted by Gasteiger charge is -2.17. The van der Waals surface area contributed by atoms with Crippen LogP contribution in [-0.2, 0) is 0 Å². The third-order valence-electron chi connectivity index (χ3n) is 6.71. The average molecular weight is 499 g/mol. The Bertz CT molecular complexity index is 1800. The summed E-state index contributed by atoms with van der Waals surface area (Å²) >= 11 is 3.62. The van der Waals surface area contributed by atoms with Gasteiger partial charge in [0, 0.05) is 15.2 Å². The number of hydrogen-bond acceptors (Lipinski definition) is 1. The minimum atomic E-state index is 0.907. The normalized spacial score (nSPS) is 11.7. The predicted molar refractivity (Wildman–Crippen MR) is 147 cm³/mol. The molecule has 0 aliphatic heterocycles. The lowest BCUT2D eigenvalue weighted by molar-refractivity contribution is 0.669. The highest BCUT2D eigenvalue weighted by molar-refractivity contribution is 9.10. The zero-order valence-electron chi connectivity index (χ0n) is 18.3. The Hall–Kier alpha value is -3.88. The Balaban J connectivity index is 1.62. The van der Waals surface area contributed by atoms with Crippen molar-refractivity contribution in [1.82, 2.24) is 0 Å². The first-order valence-electron chi connectivity index (χ1n) is 11.4. The van der Waals surface area contributed by atoms with E-state index in [1.54, 1.807) is 0 Å². The Morgan fingerprint density at radius 2 is 0.912 bits per heavy atom. The first-order chi connectivity index (χ1) is 16.8. The number of furan rings is 1. The molecule has 0 atom stereocenters. The van der Waals surface area contributed by atoms with Crippen LogP contribution >= 0.6 is 15.9 Å². The van der Waals surface area contributed by atoms with Crippen LogP contribution in [0.5, 0.6) is 0 Å². The Labute approximate surface area is 205 Å². The summed E-state index contributed by atoms with van der Waals surface area (Å²) in [4.78, 5) is 0. The van der Waals surface area contributed by atoms with Crippen LogP contribution in [-0.4, -0.2) is 0 Å². The van der Waals surface area contributed by atoms with Gasteiger partial charge in [-0.1, -0.05) is 101 Å². The Morgan fingerprint density at radius 3 is 1.53 bits per heavy atom.